The monoisotopic (exact) mass is 278 g/mol. The molecule has 1 amide bonds. The molecule has 2 N–H and O–H groups in total. The summed E-state index contributed by atoms with van der Waals surface area (Å²) >= 11 is 0. The molecule has 0 spiro atoms. The summed E-state index contributed by atoms with van der Waals surface area (Å²) in [5, 5.41) is 0. The van der Waals surface area contributed by atoms with E-state index in [1.54, 1.807) is 7.11 Å². The van der Waals surface area contributed by atoms with Crippen LogP contribution in [0.3, 0.4) is 0 Å². The second-order valence-electron chi connectivity index (χ2n) is 5.12. The van der Waals surface area contributed by atoms with Crippen LogP contribution in [0.25, 0.3) is 0 Å². The third-order valence-corrected chi connectivity index (χ3v) is 3.46. The van der Waals surface area contributed by atoms with Crippen molar-refractivity contribution in [2.45, 2.75) is 26.7 Å². The van der Waals surface area contributed by atoms with Crippen molar-refractivity contribution in [1.82, 2.24) is 4.90 Å². The molecule has 4 nitrogen and oxygen atoms in total. The number of methoxy groups -OCH3 is 1. The molecule has 1 rings (SSSR count). The van der Waals surface area contributed by atoms with Crippen LogP contribution in [0.4, 0.5) is 0 Å². The molecular formula is C16H26N2O2. The van der Waals surface area contributed by atoms with E-state index in [0.29, 0.717) is 18.9 Å². The Bertz CT molecular complexity index is 403. The molecule has 0 aliphatic rings. The first kappa shape index (κ1) is 16.5. The molecule has 0 aromatic heterocycles. The molecule has 20 heavy (non-hydrogen) atoms. The van der Waals surface area contributed by atoms with Gasteiger partial charge in [-0.15, -0.1) is 0 Å². The topological polar surface area (TPSA) is 55.6 Å². The largest absolute Gasteiger partial charge is 0.497 e. The Morgan fingerprint density at radius 1 is 1.35 bits per heavy atom. The standard InChI is InChI=1S/C16H26N2O2/c1-4-18(12-13(2)11-17)16(19)10-7-14-5-8-15(20-3)9-6-14/h5-6,8-9,13H,4,7,10-12,17H2,1-3H3. The summed E-state index contributed by atoms with van der Waals surface area (Å²) in [7, 11) is 1.65. The minimum Gasteiger partial charge on any atom is -0.497 e. The van der Waals surface area contributed by atoms with Gasteiger partial charge in [0.1, 0.15) is 5.75 Å². The SMILES string of the molecule is CCN(CC(C)CN)C(=O)CCc1ccc(OC)cc1. The van der Waals surface area contributed by atoms with E-state index in [1.165, 1.54) is 0 Å². The molecule has 0 saturated carbocycles. The molecule has 1 aromatic rings. The Kier molecular flexibility index (Phi) is 7.09. The van der Waals surface area contributed by atoms with Crippen molar-refractivity contribution < 1.29 is 9.53 Å². The normalized spacial score (nSPS) is 12.0. The predicted octanol–water partition coefficient (Wildman–Crippen LogP) is 2.07. The van der Waals surface area contributed by atoms with Crippen molar-refractivity contribution in [2.24, 2.45) is 11.7 Å². The van der Waals surface area contributed by atoms with Gasteiger partial charge in [0, 0.05) is 19.5 Å². The summed E-state index contributed by atoms with van der Waals surface area (Å²) < 4.78 is 5.12. The predicted molar refractivity (Wildman–Crippen MR) is 81.8 cm³/mol. The number of hydrogen-bond acceptors (Lipinski definition) is 3. The van der Waals surface area contributed by atoms with Crippen molar-refractivity contribution >= 4 is 5.91 Å². The second-order valence-corrected chi connectivity index (χ2v) is 5.12. The first-order valence-corrected chi connectivity index (χ1v) is 7.21. The zero-order valence-corrected chi connectivity index (χ0v) is 12.8. The molecule has 1 unspecified atom stereocenters. The Morgan fingerprint density at radius 3 is 2.50 bits per heavy atom. The van der Waals surface area contributed by atoms with Gasteiger partial charge in [-0.1, -0.05) is 19.1 Å². The zero-order chi connectivity index (χ0) is 15.0. The van der Waals surface area contributed by atoms with Crippen molar-refractivity contribution in [3.63, 3.8) is 0 Å². The van der Waals surface area contributed by atoms with Crippen LogP contribution in [0.15, 0.2) is 24.3 Å². The van der Waals surface area contributed by atoms with Crippen LogP contribution in [0.2, 0.25) is 0 Å². The van der Waals surface area contributed by atoms with Crippen LogP contribution in [0.1, 0.15) is 25.8 Å². The molecular weight excluding hydrogens is 252 g/mol. The van der Waals surface area contributed by atoms with Crippen molar-refractivity contribution in [3.05, 3.63) is 29.8 Å². The quantitative estimate of drug-likeness (QED) is 0.792. The lowest BCUT2D eigenvalue weighted by molar-refractivity contribution is -0.131. The fourth-order valence-corrected chi connectivity index (χ4v) is 2.06. The number of hydrogen-bond donors (Lipinski definition) is 1. The maximum Gasteiger partial charge on any atom is 0.222 e. The number of ether oxygens (including phenoxy) is 1. The van der Waals surface area contributed by atoms with Crippen LogP contribution in [0, 0.1) is 5.92 Å². The van der Waals surface area contributed by atoms with E-state index in [1.807, 2.05) is 36.1 Å². The van der Waals surface area contributed by atoms with Gasteiger partial charge >= 0.3 is 0 Å². The van der Waals surface area contributed by atoms with E-state index in [9.17, 15) is 4.79 Å². The van der Waals surface area contributed by atoms with Gasteiger partial charge in [0.05, 0.1) is 7.11 Å². The van der Waals surface area contributed by atoms with Gasteiger partial charge in [0.25, 0.3) is 0 Å². The molecule has 1 atom stereocenters. The zero-order valence-electron chi connectivity index (χ0n) is 12.8. The lowest BCUT2D eigenvalue weighted by atomic mass is 10.1. The molecule has 0 saturated heterocycles. The van der Waals surface area contributed by atoms with E-state index >= 15 is 0 Å². The third-order valence-electron chi connectivity index (χ3n) is 3.46. The summed E-state index contributed by atoms with van der Waals surface area (Å²) in [6, 6.07) is 7.86. The van der Waals surface area contributed by atoms with E-state index in [2.05, 4.69) is 6.92 Å². The van der Waals surface area contributed by atoms with Crippen LogP contribution >= 0.6 is 0 Å². The summed E-state index contributed by atoms with van der Waals surface area (Å²) in [5.74, 6) is 1.38. The smallest absolute Gasteiger partial charge is 0.222 e. The minimum absolute atomic E-state index is 0.198. The Balaban J connectivity index is 2.47. The molecule has 0 aliphatic carbocycles. The molecule has 0 radical (unpaired) electrons. The highest BCUT2D eigenvalue weighted by Gasteiger charge is 2.14. The average Bonchev–Trinajstić information content (AvgIpc) is 2.50. The van der Waals surface area contributed by atoms with Gasteiger partial charge in [0.2, 0.25) is 5.91 Å². The number of amides is 1. The summed E-state index contributed by atoms with van der Waals surface area (Å²) in [6.07, 6.45) is 1.30. The lowest BCUT2D eigenvalue weighted by Gasteiger charge is -2.24. The molecule has 112 valence electrons. The minimum atomic E-state index is 0.198. The van der Waals surface area contributed by atoms with E-state index < -0.39 is 0 Å². The number of carbonyl (C=O) groups is 1. The lowest BCUT2D eigenvalue weighted by Crippen LogP contribution is -2.36. The van der Waals surface area contributed by atoms with E-state index in [4.69, 9.17) is 10.5 Å². The maximum atomic E-state index is 12.2. The van der Waals surface area contributed by atoms with Crippen molar-refractivity contribution in [2.75, 3.05) is 26.7 Å². The van der Waals surface area contributed by atoms with E-state index in [0.717, 1.165) is 30.8 Å². The van der Waals surface area contributed by atoms with Gasteiger partial charge in [0.15, 0.2) is 0 Å². The average molecular weight is 278 g/mol. The molecule has 0 aliphatic heterocycles. The Hall–Kier alpha value is -1.55. The molecule has 0 bridgehead atoms. The van der Waals surface area contributed by atoms with Crippen LogP contribution in [-0.2, 0) is 11.2 Å². The van der Waals surface area contributed by atoms with Gasteiger partial charge in [-0.25, -0.2) is 0 Å². The van der Waals surface area contributed by atoms with Crippen LogP contribution in [-0.4, -0.2) is 37.6 Å². The van der Waals surface area contributed by atoms with Gasteiger partial charge in [-0.05, 0) is 43.5 Å². The molecule has 4 heteroatoms. The fourth-order valence-electron chi connectivity index (χ4n) is 2.06. The molecule has 0 heterocycles. The first-order valence-electron chi connectivity index (χ1n) is 7.21. The summed E-state index contributed by atoms with van der Waals surface area (Å²) in [4.78, 5) is 14.1. The Labute approximate surface area is 121 Å². The maximum absolute atomic E-state index is 12.2. The second kappa shape index (κ2) is 8.59. The summed E-state index contributed by atoms with van der Waals surface area (Å²) in [5.41, 5.74) is 6.77. The van der Waals surface area contributed by atoms with Crippen LogP contribution in [0.5, 0.6) is 5.75 Å². The number of benzene rings is 1. The van der Waals surface area contributed by atoms with Gasteiger partial charge in [-0.2, -0.15) is 0 Å². The molecule has 0 fully saturated rings. The number of aryl methyl sites for hydroxylation is 1. The summed E-state index contributed by atoms with van der Waals surface area (Å²) in [6.45, 7) is 6.18. The molecule has 1 aromatic carbocycles. The van der Waals surface area contributed by atoms with Crippen LogP contribution < -0.4 is 10.5 Å². The number of nitrogens with two attached hydrogens (primary N) is 1. The highest BCUT2D eigenvalue weighted by molar-refractivity contribution is 5.76. The fraction of sp³-hybridized carbons (Fsp3) is 0.562. The first-order chi connectivity index (χ1) is 9.60. The number of nitrogens with zero attached hydrogens (tertiary/aromatic N) is 1. The highest BCUT2D eigenvalue weighted by Crippen LogP contribution is 2.13. The highest BCUT2D eigenvalue weighted by atomic mass is 16.5. The Morgan fingerprint density at radius 2 is 2.00 bits per heavy atom. The number of carbonyl (C=O) groups excluding carboxylic acids is 1. The van der Waals surface area contributed by atoms with Crippen molar-refractivity contribution in [1.29, 1.82) is 0 Å². The van der Waals surface area contributed by atoms with Crippen molar-refractivity contribution in [3.8, 4) is 5.75 Å². The van der Waals surface area contributed by atoms with Gasteiger partial charge < -0.3 is 15.4 Å². The number of rotatable bonds is 8. The van der Waals surface area contributed by atoms with E-state index in [-0.39, 0.29) is 5.91 Å². The van der Waals surface area contributed by atoms with Gasteiger partial charge in [-0.3, -0.25) is 4.79 Å². The third kappa shape index (κ3) is 5.21.